The van der Waals surface area contributed by atoms with Gasteiger partial charge >= 0.3 is 0 Å². The summed E-state index contributed by atoms with van der Waals surface area (Å²) >= 11 is 2.99. The molecule has 3 rings (SSSR count). The zero-order valence-electron chi connectivity index (χ0n) is 12.9. The van der Waals surface area contributed by atoms with Crippen LogP contribution in [0.3, 0.4) is 0 Å². The minimum absolute atomic E-state index is 0.0668. The zero-order chi connectivity index (χ0) is 16.8. The number of thioether (sulfide) groups is 1. The van der Waals surface area contributed by atoms with Crippen LogP contribution in [-0.4, -0.2) is 11.7 Å². The molecule has 0 aliphatic carbocycles. The van der Waals surface area contributed by atoms with Crippen LogP contribution in [0.25, 0.3) is 10.4 Å². The number of benzene rings is 2. The fourth-order valence-electron chi connectivity index (χ4n) is 2.27. The first-order valence-corrected chi connectivity index (χ1v) is 9.40. The highest BCUT2D eigenvalue weighted by molar-refractivity contribution is 7.99. The summed E-state index contributed by atoms with van der Waals surface area (Å²) in [5.41, 5.74) is 1.82. The molecule has 0 unspecified atom stereocenters. The van der Waals surface area contributed by atoms with Gasteiger partial charge in [-0.25, -0.2) is 4.39 Å². The molecule has 0 aliphatic rings. The van der Waals surface area contributed by atoms with Gasteiger partial charge in [0.15, 0.2) is 0 Å². The number of para-hydroxylation sites is 1. The maximum atomic E-state index is 13.6. The molecule has 0 aliphatic heterocycles. The molecule has 1 amide bonds. The lowest BCUT2D eigenvalue weighted by Gasteiger charge is -2.10. The highest BCUT2D eigenvalue weighted by Crippen LogP contribution is 2.31. The SMILES string of the molecule is O=C(CCSc1ccccc1F)Nc1ccccc1-c1cccs1. The van der Waals surface area contributed by atoms with Gasteiger partial charge in [0.2, 0.25) is 5.91 Å². The maximum absolute atomic E-state index is 13.6. The number of rotatable bonds is 6. The molecule has 0 spiro atoms. The Morgan fingerprint density at radius 2 is 1.83 bits per heavy atom. The molecule has 0 saturated carbocycles. The third-order valence-electron chi connectivity index (χ3n) is 3.41. The summed E-state index contributed by atoms with van der Waals surface area (Å²) in [6, 6.07) is 18.4. The van der Waals surface area contributed by atoms with Gasteiger partial charge in [0.05, 0.1) is 0 Å². The highest BCUT2D eigenvalue weighted by Gasteiger charge is 2.09. The van der Waals surface area contributed by atoms with E-state index in [1.165, 1.54) is 17.8 Å². The topological polar surface area (TPSA) is 29.1 Å². The summed E-state index contributed by atoms with van der Waals surface area (Å²) in [7, 11) is 0. The highest BCUT2D eigenvalue weighted by atomic mass is 32.2. The van der Waals surface area contributed by atoms with Gasteiger partial charge in [0.1, 0.15) is 5.82 Å². The summed E-state index contributed by atoms with van der Waals surface area (Å²) < 4.78 is 13.6. The van der Waals surface area contributed by atoms with E-state index >= 15 is 0 Å². The first kappa shape index (κ1) is 16.7. The van der Waals surface area contributed by atoms with Crippen LogP contribution in [0.4, 0.5) is 10.1 Å². The van der Waals surface area contributed by atoms with Gasteiger partial charge < -0.3 is 5.32 Å². The van der Waals surface area contributed by atoms with Crippen LogP contribution in [0.15, 0.2) is 70.9 Å². The summed E-state index contributed by atoms with van der Waals surface area (Å²) in [5.74, 6) is 0.224. The minimum atomic E-state index is -0.244. The van der Waals surface area contributed by atoms with E-state index in [0.717, 1.165) is 16.1 Å². The van der Waals surface area contributed by atoms with E-state index in [9.17, 15) is 9.18 Å². The second-order valence-electron chi connectivity index (χ2n) is 5.10. The molecule has 24 heavy (non-hydrogen) atoms. The van der Waals surface area contributed by atoms with E-state index in [4.69, 9.17) is 0 Å². The van der Waals surface area contributed by atoms with E-state index in [1.54, 1.807) is 29.5 Å². The predicted octanol–water partition coefficient (Wildman–Crippen LogP) is 5.68. The third kappa shape index (κ3) is 4.24. The van der Waals surface area contributed by atoms with Gasteiger partial charge in [0.25, 0.3) is 0 Å². The lowest BCUT2D eigenvalue weighted by atomic mass is 10.1. The number of thiophene rings is 1. The fourth-order valence-corrected chi connectivity index (χ4v) is 3.92. The summed E-state index contributed by atoms with van der Waals surface area (Å²) in [6.07, 6.45) is 0.331. The smallest absolute Gasteiger partial charge is 0.225 e. The lowest BCUT2D eigenvalue weighted by molar-refractivity contribution is -0.115. The molecule has 1 heterocycles. The normalized spacial score (nSPS) is 10.5. The van der Waals surface area contributed by atoms with Crippen LogP contribution in [0, 0.1) is 5.82 Å². The number of carbonyl (C=O) groups is 1. The Labute approximate surface area is 148 Å². The Bertz CT molecular complexity index is 818. The molecule has 0 bridgehead atoms. The van der Waals surface area contributed by atoms with Crippen LogP contribution in [0.5, 0.6) is 0 Å². The second kappa shape index (κ2) is 8.13. The quantitative estimate of drug-likeness (QED) is 0.576. The van der Waals surface area contributed by atoms with Crippen LogP contribution < -0.4 is 5.32 Å². The van der Waals surface area contributed by atoms with Crippen molar-refractivity contribution in [1.29, 1.82) is 0 Å². The third-order valence-corrected chi connectivity index (χ3v) is 5.36. The number of carbonyl (C=O) groups excluding carboxylic acids is 1. The monoisotopic (exact) mass is 357 g/mol. The average Bonchev–Trinajstić information content (AvgIpc) is 3.11. The zero-order valence-corrected chi connectivity index (χ0v) is 14.5. The van der Waals surface area contributed by atoms with Crippen molar-refractivity contribution in [1.82, 2.24) is 0 Å². The van der Waals surface area contributed by atoms with E-state index in [0.29, 0.717) is 17.1 Å². The Balaban J connectivity index is 1.59. The van der Waals surface area contributed by atoms with Crippen molar-refractivity contribution in [3.63, 3.8) is 0 Å². The molecule has 0 radical (unpaired) electrons. The Kier molecular flexibility index (Phi) is 5.67. The summed E-state index contributed by atoms with van der Waals surface area (Å²) in [4.78, 5) is 13.9. The van der Waals surface area contributed by atoms with Crippen molar-refractivity contribution in [2.24, 2.45) is 0 Å². The molecule has 2 nitrogen and oxygen atoms in total. The number of hydrogen-bond donors (Lipinski definition) is 1. The Morgan fingerprint density at radius 3 is 2.62 bits per heavy atom. The number of anilines is 1. The van der Waals surface area contributed by atoms with Gasteiger partial charge in [-0.2, -0.15) is 0 Å². The van der Waals surface area contributed by atoms with Crippen LogP contribution >= 0.6 is 23.1 Å². The molecule has 2 aromatic carbocycles. The van der Waals surface area contributed by atoms with E-state index in [-0.39, 0.29) is 11.7 Å². The van der Waals surface area contributed by atoms with Gasteiger partial charge in [-0.3, -0.25) is 4.79 Å². The van der Waals surface area contributed by atoms with E-state index in [1.807, 2.05) is 41.8 Å². The summed E-state index contributed by atoms with van der Waals surface area (Å²) in [5, 5.41) is 4.97. The largest absolute Gasteiger partial charge is 0.325 e. The molecule has 122 valence electrons. The standard InChI is InChI=1S/C19H16FNOS2/c20-15-7-2-4-9-18(15)24-13-11-19(22)21-16-8-3-1-6-14(16)17-10-5-12-23-17/h1-10,12H,11,13H2,(H,21,22). The average molecular weight is 357 g/mol. The van der Waals surface area contributed by atoms with Crippen molar-refractivity contribution < 1.29 is 9.18 Å². The molecule has 0 fully saturated rings. The van der Waals surface area contributed by atoms with Gasteiger partial charge in [-0.05, 0) is 29.6 Å². The van der Waals surface area contributed by atoms with Crippen molar-refractivity contribution in [3.05, 3.63) is 71.9 Å². The fraction of sp³-hybridized carbons (Fsp3) is 0.105. The van der Waals surface area contributed by atoms with Crippen molar-refractivity contribution in [2.45, 2.75) is 11.3 Å². The van der Waals surface area contributed by atoms with Crippen LogP contribution in [-0.2, 0) is 4.79 Å². The molecule has 5 heteroatoms. The number of hydrogen-bond acceptors (Lipinski definition) is 3. The van der Waals surface area contributed by atoms with Crippen molar-refractivity contribution in [2.75, 3.05) is 11.1 Å². The molecular formula is C19H16FNOS2. The van der Waals surface area contributed by atoms with Gasteiger partial charge in [-0.1, -0.05) is 36.4 Å². The molecule has 1 N–H and O–H groups in total. The molecule has 3 aromatic rings. The van der Waals surface area contributed by atoms with E-state index < -0.39 is 0 Å². The Morgan fingerprint density at radius 1 is 1.04 bits per heavy atom. The van der Waals surface area contributed by atoms with Crippen LogP contribution in [0.1, 0.15) is 6.42 Å². The maximum Gasteiger partial charge on any atom is 0.225 e. The Hall–Kier alpha value is -2.11. The predicted molar refractivity (Wildman–Crippen MR) is 100 cm³/mol. The number of halogens is 1. The molecular weight excluding hydrogens is 341 g/mol. The molecule has 0 atom stereocenters. The minimum Gasteiger partial charge on any atom is -0.325 e. The molecule has 1 aromatic heterocycles. The number of nitrogens with one attached hydrogen (secondary N) is 1. The number of amides is 1. The second-order valence-corrected chi connectivity index (χ2v) is 7.18. The first-order valence-electron chi connectivity index (χ1n) is 7.54. The van der Waals surface area contributed by atoms with Gasteiger partial charge in [0, 0.05) is 33.2 Å². The van der Waals surface area contributed by atoms with Crippen LogP contribution in [0.2, 0.25) is 0 Å². The van der Waals surface area contributed by atoms with E-state index in [2.05, 4.69) is 5.32 Å². The lowest BCUT2D eigenvalue weighted by Crippen LogP contribution is -2.12. The molecule has 0 saturated heterocycles. The summed E-state index contributed by atoms with van der Waals surface area (Å²) in [6.45, 7) is 0. The van der Waals surface area contributed by atoms with Gasteiger partial charge in [-0.15, -0.1) is 23.1 Å². The van der Waals surface area contributed by atoms with Crippen molar-refractivity contribution in [3.8, 4) is 10.4 Å². The first-order chi connectivity index (χ1) is 11.7. The van der Waals surface area contributed by atoms with Crippen molar-refractivity contribution >= 4 is 34.7 Å².